The number of anilines is 2. The van der Waals surface area contributed by atoms with E-state index in [-0.39, 0.29) is 17.3 Å². The second-order valence-electron chi connectivity index (χ2n) is 6.42. The van der Waals surface area contributed by atoms with E-state index in [2.05, 4.69) is 15.0 Å². The van der Waals surface area contributed by atoms with Crippen molar-refractivity contribution < 1.29 is 13.2 Å². The van der Waals surface area contributed by atoms with Crippen molar-refractivity contribution in [2.24, 2.45) is 0 Å². The molecule has 2 N–H and O–H groups in total. The summed E-state index contributed by atoms with van der Waals surface area (Å²) in [6, 6.07) is 16.0. The number of hydrogen-bond donors (Lipinski definition) is 2. The molecule has 29 heavy (non-hydrogen) atoms. The Balaban J connectivity index is 0.00000300. The van der Waals surface area contributed by atoms with Crippen molar-refractivity contribution in [3.05, 3.63) is 78.1 Å². The third-order valence-electron chi connectivity index (χ3n) is 4.07. The van der Waals surface area contributed by atoms with Crippen LogP contribution in [0.1, 0.15) is 11.1 Å². The van der Waals surface area contributed by atoms with Gasteiger partial charge in [0.05, 0.1) is 10.6 Å². The second kappa shape index (κ2) is 10.1. The van der Waals surface area contributed by atoms with Crippen LogP contribution < -0.4 is 14.8 Å². The summed E-state index contributed by atoms with van der Waals surface area (Å²) in [5.74, 6) is 0.610. The molecule has 0 spiro atoms. The summed E-state index contributed by atoms with van der Waals surface area (Å²) in [7, 11) is -3.66. The average molecular weight is 434 g/mol. The molecule has 1 aromatic heterocycles. The van der Waals surface area contributed by atoms with E-state index in [1.807, 2.05) is 31.2 Å². The Morgan fingerprint density at radius 3 is 2.41 bits per heavy atom. The van der Waals surface area contributed by atoms with E-state index < -0.39 is 10.0 Å². The second-order valence-corrected chi connectivity index (χ2v) is 8.07. The van der Waals surface area contributed by atoms with Crippen molar-refractivity contribution >= 4 is 33.8 Å². The summed E-state index contributed by atoms with van der Waals surface area (Å²) in [6.45, 7) is 4.72. The minimum atomic E-state index is -3.66. The van der Waals surface area contributed by atoms with Crippen LogP contribution in [0.2, 0.25) is 0 Å². The van der Waals surface area contributed by atoms with Gasteiger partial charge in [0.2, 0.25) is 0 Å². The van der Waals surface area contributed by atoms with E-state index in [9.17, 15) is 8.42 Å². The highest BCUT2D eigenvalue weighted by Gasteiger charge is 2.16. The van der Waals surface area contributed by atoms with Crippen molar-refractivity contribution in [2.75, 3.05) is 23.2 Å². The molecule has 3 aromatic rings. The molecule has 0 radical (unpaired) electrons. The minimum Gasteiger partial charge on any atom is -0.492 e. The zero-order valence-electron chi connectivity index (χ0n) is 16.3. The van der Waals surface area contributed by atoms with Gasteiger partial charge in [-0.3, -0.25) is 9.71 Å². The number of ether oxygens (including phenoxy) is 1. The molecule has 0 aliphatic heterocycles. The highest BCUT2D eigenvalue weighted by molar-refractivity contribution is 7.92. The van der Waals surface area contributed by atoms with Gasteiger partial charge in [-0.05, 0) is 55.3 Å². The normalized spacial score (nSPS) is 10.7. The van der Waals surface area contributed by atoms with Crippen LogP contribution in [0, 0.1) is 13.8 Å². The van der Waals surface area contributed by atoms with E-state index in [4.69, 9.17) is 4.74 Å². The summed E-state index contributed by atoms with van der Waals surface area (Å²) in [4.78, 5) is 4.23. The predicted molar refractivity (Wildman–Crippen MR) is 119 cm³/mol. The quantitative estimate of drug-likeness (QED) is 0.514. The largest absolute Gasteiger partial charge is 0.492 e. The molecular weight excluding hydrogens is 410 g/mol. The fraction of sp³-hybridized carbons (Fsp3) is 0.190. The van der Waals surface area contributed by atoms with Gasteiger partial charge in [-0.15, -0.1) is 12.4 Å². The molecule has 0 aliphatic carbocycles. The molecule has 0 unspecified atom stereocenters. The van der Waals surface area contributed by atoms with Crippen molar-refractivity contribution in [2.45, 2.75) is 18.7 Å². The minimum absolute atomic E-state index is 0. The summed E-state index contributed by atoms with van der Waals surface area (Å²) < 4.78 is 33.8. The SMILES string of the molecule is Cc1cc(NS(=O)(=O)c2ccccc2C)cc(OCCNc2ccncc2)c1.Cl. The summed E-state index contributed by atoms with van der Waals surface area (Å²) in [5.41, 5.74) is 3.04. The maximum absolute atomic E-state index is 12.7. The van der Waals surface area contributed by atoms with Crippen LogP contribution >= 0.6 is 12.4 Å². The van der Waals surface area contributed by atoms with Gasteiger partial charge in [0, 0.05) is 30.7 Å². The number of hydrogen-bond acceptors (Lipinski definition) is 5. The molecule has 0 bridgehead atoms. The fourth-order valence-corrected chi connectivity index (χ4v) is 4.08. The summed E-state index contributed by atoms with van der Waals surface area (Å²) in [6.07, 6.45) is 3.44. The van der Waals surface area contributed by atoms with Crippen LogP contribution in [-0.4, -0.2) is 26.6 Å². The van der Waals surface area contributed by atoms with Gasteiger partial charge >= 0.3 is 0 Å². The van der Waals surface area contributed by atoms with Gasteiger partial charge in [0.25, 0.3) is 10.0 Å². The third kappa shape index (κ3) is 6.37. The van der Waals surface area contributed by atoms with Gasteiger partial charge in [-0.2, -0.15) is 0 Å². The smallest absolute Gasteiger partial charge is 0.262 e. The topological polar surface area (TPSA) is 80.3 Å². The van der Waals surface area contributed by atoms with Crippen LogP contribution in [0.25, 0.3) is 0 Å². The number of nitrogens with zero attached hydrogens (tertiary/aromatic N) is 1. The lowest BCUT2D eigenvalue weighted by molar-refractivity contribution is 0.333. The summed E-state index contributed by atoms with van der Waals surface area (Å²) in [5, 5.41) is 3.23. The van der Waals surface area contributed by atoms with E-state index in [0.717, 1.165) is 11.3 Å². The van der Waals surface area contributed by atoms with E-state index >= 15 is 0 Å². The molecule has 1 heterocycles. The van der Waals surface area contributed by atoms with Crippen molar-refractivity contribution in [1.29, 1.82) is 0 Å². The number of rotatable bonds is 8. The van der Waals surface area contributed by atoms with E-state index in [0.29, 0.717) is 30.2 Å². The molecule has 154 valence electrons. The van der Waals surface area contributed by atoms with E-state index in [1.165, 1.54) is 0 Å². The number of aryl methyl sites for hydroxylation is 2. The average Bonchev–Trinajstić information content (AvgIpc) is 2.65. The predicted octanol–water partition coefficient (Wildman–Crippen LogP) is 4.41. The molecule has 0 saturated carbocycles. The Bertz CT molecular complexity index is 1040. The first-order valence-corrected chi connectivity index (χ1v) is 10.4. The van der Waals surface area contributed by atoms with Gasteiger partial charge in [0.15, 0.2) is 0 Å². The molecule has 0 aliphatic rings. The Morgan fingerprint density at radius 1 is 0.966 bits per heavy atom. The van der Waals surface area contributed by atoms with Crippen LogP contribution in [0.5, 0.6) is 5.75 Å². The lowest BCUT2D eigenvalue weighted by Gasteiger charge is -2.13. The first-order valence-electron chi connectivity index (χ1n) is 8.91. The number of aromatic nitrogens is 1. The Hall–Kier alpha value is -2.77. The highest BCUT2D eigenvalue weighted by atomic mass is 35.5. The summed E-state index contributed by atoms with van der Waals surface area (Å²) >= 11 is 0. The van der Waals surface area contributed by atoms with Gasteiger partial charge < -0.3 is 10.1 Å². The molecule has 0 saturated heterocycles. The fourth-order valence-electron chi connectivity index (χ4n) is 2.79. The first-order chi connectivity index (χ1) is 13.4. The molecule has 2 aromatic carbocycles. The standard InChI is InChI=1S/C21H23N3O3S.ClH/c1-16-13-19(24-28(25,26)21-6-4-3-5-17(21)2)15-20(14-16)27-12-11-23-18-7-9-22-10-8-18;/h3-10,13-15,24H,11-12H2,1-2H3,(H,22,23);1H. The van der Waals surface area contributed by atoms with Crippen molar-refractivity contribution in [1.82, 2.24) is 4.98 Å². The Kier molecular flexibility index (Phi) is 7.87. The number of sulfonamides is 1. The molecule has 8 heteroatoms. The zero-order chi connectivity index (χ0) is 20.0. The number of halogens is 1. The first kappa shape index (κ1) is 22.5. The van der Waals surface area contributed by atoms with Crippen LogP contribution in [0.3, 0.4) is 0 Å². The molecule has 3 rings (SSSR count). The molecule has 0 atom stereocenters. The van der Waals surface area contributed by atoms with E-state index in [1.54, 1.807) is 49.6 Å². The number of benzene rings is 2. The highest BCUT2D eigenvalue weighted by Crippen LogP contribution is 2.24. The van der Waals surface area contributed by atoms with Crippen LogP contribution in [0.4, 0.5) is 11.4 Å². The van der Waals surface area contributed by atoms with Crippen molar-refractivity contribution in [3.63, 3.8) is 0 Å². The lowest BCUT2D eigenvalue weighted by Crippen LogP contribution is -2.15. The third-order valence-corrected chi connectivity index (χ3v) is 5.61. The lowest BCUT2D eigenvalue weighted by atomic mass is 10.2. The van der Waals surface area contributed by atoms with Gasteiger partial charge in [0.1, 0.15) is 12.4 Å². The maximum atomic E-state index is 12.7. The molecule has 0 amide bonds. The van der Waals surface area contributed by atoms with Crippen LogP contribution in [0.15, 0.2) is 71.9 Å². The number of pyridine rings is 1. The maximum Gasteiger partial charge on any atom is 0.262 e. The van der Waals surface area contributed by atoms with Gasteiger partial charge in [-0.25, -0.2) is 8.42 Å². The van der Waals surface area contributed by atoms with Gasteiger partial charge in [-0.1, -0.05) is 18.2 Å². The van der Waals surface area contributed by atoms with Crippen LogP contribution in [-0.2, 0) is 10.0 Å². The zero-order valence-corrected chi connectivity index (χ0v) is 17.9. The molecule has 6 nitrogen and oxygen atoms in total. The number of nitrogens with one attached hydrogen (secondary N) is 2. The Labute approximate surface area is 177 Å². The molecular formula is C21H24ClN3O3S. The molecule has 0 fully saturated rings. The van der Waals surface area contributed by atoms with Crippen molar-refractivity contribution in [3.8, 4) is 5.75 Å². The Morgan fingerprint density at radius 2 is 1.69 bits per heavy atom. The monoisotopic (exact) mass is 433 g/mol.